The summed E-state index contributed by atoms with van der Waals surface area (Å²) in [6.07, 6.45) is 6.14. The van der Waals surface area contributed by atoms with Crippen molar-refractivity contribution in [2.45, 2.75) is 30.6 Å². The van der Waals surface area contributed by atoms with Gasteiger partial charge in [0, 0.05) is 17.4 Å². The van der Waals surface area contributed by atoms with Gasteiger partial charge in [0.15, 0.2) is 11.3 Å². The van der Waals surface area contributed by atoms with Crippen LogP contribution in [-0.2, 0) is 26.5 Å². The molecule has 1 aromatic carbocycles. The van der Waals surface area contributed by atoms with E-state index in [0.717, 1.165) is 31.6 Å². The number of benzene rings is 1. The highest BCUT2D eigenvalue weighted by atomic mass is 32.2. The summed E-state index contributed by atoms with van der Waals surface area (Å²) in [6, 6.07) is 9.12. The van der Waals surface area contributed by atoms with E-state index in [-0.39, 0.29) is 27.7 Å². The van der Waals surface area contributed by atoms with Crippen LogP contribution in [0.15, 0.2) is 56.7 Å². The summed E-state index contributed by atoms with van der Waals surface area (Å²) < 4.78 is 56.4. The molecule has 0 amide bonds. The molecule has 34 heavy (non-hydrogen) atoms. The molecule has 0 unspecified atom stereocenters. The monoisotopic (exact) mass is 502 g/mol. The Morgan fingerprint density at radius 1 is 1.24 bits per heavy atom. The minimum absolute atomic E-state index is 0.0567. The van der Waals surface area contributed by atoms with E-state index < -0.39 is 31.4 Å². The minimum atomic E-state index is -4.30. The number of pyridine rings is 2. The van der Waals surface area contributed by atoms with E-state index in [1.54, 1.807) is 24.4 Å². The summed E-state index contributed by atoms with van der Waals surface area (Å²) in [7, 11) is -7.92. The Morgan fingerprint density at radius 3 is 2.71 bits per heavy atom. The average molecular weight is 503 g/mol. The smallest absolute Gasteiger partial charge is 0.286 e. The summed E-state index contributed by atoms with van der Waals surface area (Å²) >= 11 is 0. The summed E-state index contributed by atoms with van der Waals surface area (Å²) in [5.74, 6) is -0.131. The van der Waals surface area contributed by atoms with Gasteiger partial charge in [-0.1, -0.05) is 18.9 Å². The number of aryl methyl sites for hydroxylation is 1. The number of rotatable bonds is 6. The molecular formula is C22H22N4O6S2. The maximum atomic E-state index is 13.5. The Hall–Kier alpha value is -3.38. The van der Waals surface area contributed by atoms with Crippen LogP contribution in [0.1, 0.15) is 30.4 Å². The predicted molar refractivity (Wildman–Crippen MR) is 129 cm³/mol. The molecule has 2 aliphatic rings. The third kappa shape index (κ3) is 4.14. The lowest BCUT2D eigenvalue weighted by molar-refractivity contribution is 0.443. The highest BCUT2D eigenvalue weighted by Crippen LogP contribution is 2.35. The Labute approximate surface area is 196 Å². The third-order valence-corrected chi connectivity index (χ3v) is 7.81. The first-order valence-electron chi connectivity index (χ1n) is 10.6. The number of nitrogens with zero attached hydrogens (tertiary/aromatic N) is 2. The van der Waals surface area contributed by atoms with Crippen LogP contribution >= 0.6 is 0 Å². The van der Waals surface area contributed by atoms with Gasteiger partial charge in [0.2, 0.25) is 15.9 Å². The number of nitrogens with one attached hydrogen (secondary N) is 2. The van der Waals surface area contributed by atoms with Crippen LogP contribution in [0.25, 0.3) is 5.52 Å². The van der Waals surface area contributed by atoms with Crippen molar-refractivity contribution in [2.75, 3.05) is 16.3 Å². The van der Waals surface area contributed by atoms with Crippen molar-refractivity contribution in [3.8, 4) is 5.88 Å². The van der Waals surface area contributed by atoms with Gasteiger partial charge in [0.1, 0.15) is 10.5 Å². The van der Waals surface area contributed by atoms with Crippen molar-refractivity contribution in [3.63, 3.8) is 0 Å². The Bertz CT molecular complexity index is 1640. The van der Waals surface area contributed by atoms with Crippen LogP contribution in [0.4, 0.5) is 11.4 Å². The Morgan fingerprint density at radius 2 is 2.00 bits per heavy atom. The second-order valence-corrected chi connectivity index (χ2v) is 11.9. The van der Waals surface area contributed by atoms with Crippen LogP contribution in [0.2, 0.25) is 0 Å². The molecule has 0 bridgehead atoms. The van der Waals surface area contributed by atoms with Gasteiger partial charge in [0.25, 0.3) is 10.0 Å². The van der Waals surface area contributed by atoms with Crippen LogP contribution in [0, 0.1) is 5.92 Å². The molecule has 0 spiro atoms. The molecule has 0 radical (unpaired) electrons. The fourth-order valence-corrected chi connectivity index (χ4v) is 5.82. The summed E-state index contributed by atoms with van der Waals surface area (Å²) in [5, 5.41) is 13.8. The maximum absolute atomic E-state index is 13.5. The van der Waals surface area contributed by atoms with Crippen LogP contribution in [0.5, 0.6) is 5.88 Å². The fraction of sp³-hybridized carbons (Fsp3) is 0.273. The largest absolute Gasteiger partial charge is 0.494 e. The molecule has 3 N–H and O–H groups in total. The van der Waals surface area contributed by atoms with Gasteiger partial charge in [0.05, 0.1) is 17.5 Å². The Kier molecular flexibility index (Phi) is 5.17. The molecule has 0 atom stereocenters. The lowest BCUT2D eigenvalue weighted by atomic mass is 10.0. The fourth-order valence-electron chi connectivity index (χ4n) is 4.12. The molecule has 1 aliphatic heterocycles. The van der Waals surface area contributed by atoms with Gasteiger partial charge in [-0.25, -0.2) is 8.42 Å². The van der Waals surface area contributed by atoms with Gasteiger partial charge < -0.3 is 10.4 Å². The molecule has 1 aliphatic carbocycles. The first-order chi connectivity index (χ1) is 16.0. The quantitative estimate of drug-likeness (QED) is 0.469. The van der Waals surface area contributed by atoms with Gasteiger partial charge in [-0.05, 0) is 49.1 Å². The van der Waals surface area contributed by atoms with Crippen molar-refractivity contribution in [3.05, 3.63) is 63.9 Å². The second kappa shape index (κ2) is 7.84. The maximum Gasteiger partial charge on any atom is 0.286 e. The van der Waals surface area contributed by atoms with E-state index in [9.17, 15) is 26.7 Å². The minimum Gasteiger partial charge on any atom is -0.494 e. The molecule has 12 heteroatoms. The summed E-state index contributed by atoms with van der Waals surface area (Å²) in [6.45, 7) is 0. The van der Waals surface area contributed by atoms with Crippen LogP contribution in [-0.4, -0.2) is 38.4 Å². The molecule has 10 nitrogen and oxygen atoms in total. The number of amidine groups is 1. The molecule has 1 saturated carbocycles. The number of fused-ring (bicyclic) bond motifs is 2. The molecule has 0 saturated heterocycles. The van der Waals surface area contributed by atoms with E-state index in [0.29, 0.717) is 23.4 Å². The van der Waals surface area contributed by atoms with Crippen molar-refractivity contribution in [2.24, 2.45) is 10.3 Å². The third-order valence-electron chi connectivity index (χ3n) is 5.89. The van der Waals surface area contributed by atoms with Crippen LogP contribution in [0.3, 0.4) is 0 Å². The van der Waals surface area contributed by atoms with Crippen LogP contribution < -0.4 is 15.5 Å². The van der Waals surface area contributed by atoms with Gasteiger partial charge in [-0.15, -0.1) is 4.40 Å². The number of hydrogen-bond acceptors (Lipinski definition) is 7. The molecule has 3 aromatic rings. The molecule has 178 valence electrons. The number of sulfonamides is 2. The van der Waals surface area contributed by atoms with Crippen molar-refractivity contribution in [1.82, 2.24) is 4.40 Å². The molecule has 3 heterocycles. The first kappa shape index (κ1) is 22.4. The lowest BCUT2D eigenvalue weighted by Gasteiger charge is -2.21. The van der Waals surface area contributed by atoms with Gasteiger partial charge in [-0.2, -0.15) is 8.42 Å². The number of hydrogen-bond donors (Lipinski definition) is 3. The highest BCUT2D eigenvalue weighted by molar-refractivity contribution is 7.92. The topological polar surface area (TPSA) is 146 Å². The van der Waals surface area contributed by atoms with Crippen molar-refractivity contribution in [1.29, 1.82) is 0 Å². The van der Waals surface area contributed by atoms with E-state index in [1.807, 2.05) is 0 Å². The standard InChI is InChI=1S/C22H22N4O6S2/c1-33(29,30)24-14-8-10-16-18(12-14)34(31,32)25-21(23-16)19-20(27)15(9-7-13-5-6-13)17-4-2-3-11-26(17)22(19)28/h2-4,8,10-13,24,28H,5-7,9H2,1H3,(H,23,25). The summed E-state index contributed by atoms with van der Waals surface area (Å²) in [4.78, 5) is 13.3. The first-order valence-corrected chi connectivity index (χ1v) is 14.0. The van der Waals surface area contributed by atoms with Gasteiger partial charge >= 0.3 is 0 Å². The van der Waals surface area contributed by atoms with E-state index in [2.05, 4.69) is 14.4 Å². The normalized spacial score (nSPS) is 17.0. The zero-order chi connectivity index (χ0) is 24.3. The van der Waals surface area contributed by atoms with E-state index in [4.69, 9.17) is 0 Å². The van der Waals surface area contributed by atoms with E-state index >= 15 is 0 Å². The molecular weight excluding hydrogens is 480 g/mol. The average Bonchev–Trinajstić information content (AvgIpc) is 3.57. The number of aromatic hydroxyl groups is 1. The molecule has 2 aromatic heterocycles. The molecule has 5 rings (SSSR count). The SMILES string of the molecule is CS(=O)(=O)Nc1ccc2c(c1)S(=O)(=O)N=C(c1c(O)n3ccccc3c(CCC3CC3)c1=O)N2. The number of anilines is 2. The Balaban J connectivity index is 1.64. The zero-order valence-electron chi connectivity index (χ0n) is 18.1. The summed E-state index contributed by atoms with van der Waals surface area (Å²) in [5.41, 5.74) is 0.500. The highest BCUT2D eigenvalue weighted by Gasteiger charge is 2.31. The van der Waals surface area contributed by atoms with Crippen molar-refractivity contribution < 1.29 is 21.9 Å². The molecule has 1 fully saturated rings. The van der Waals surface area contributed by atoms with E-state index in [1.165, 1.54) is 16.5 Å². The van der Waals surface area contributed by atoms with Gasteiger partial charge in [-0.3, -0.25) is 13.9 Å². The van der Waals surface area contributed by atoms with Crippen molar-refractivity contribution >= 4 is 42.8 Å². The lowest BCUT2D eigenvalue weighted by Crippen LogP contribution is -2.30. The number of aromatic nitrogens is 1. The second-order valence-electron chi connectivity index (χ2n) is 8.57. The predicted octanol–water partition coefficient (Wildman–Crippen LogP) is 2.28. The zero-order valence-corrected chi connectivity index (χ0v) is 19.8.